The van der Waals surface area contributed by atoms with Gasteiger partial charge < -0.3 is 4.42 Å². The molecule has 0 fully saturated rings. The van der Waals surface area contributed by atoms with Crippen LogP contribution in [0.4, 0.5) is 0 Å². The third-order valence-corrected chi connectivity index (χ3v) is 5.80. The normalized spacial score (nSPS) is 11.3. The smallest absolute Gasteiger partial charge is 0.136 e. The van der Waals surface area contributed by atoms with Gasteiger partial charge in [0.25, 0.3) is 0 Å². The Morgan fingerprint density at radius 3 is 1.91 bits per heavy atom. The summed E-state index contributed by atoms with van der Waals surface area (Å²) in [4.78, 5) is 9.40. The Hall–Kier alpha value is -4.24. The number of hydrogen-bond acceptors (Lipinski definition) is 3. The van der Waals surface area contributed by atoms with Crippen LogP contribution in [-0.2, 0) is 0 Å². The van der Waals surface area contributed by atoms with E-state index in [9.17, 15) is 0 Å². The van der Waals surface area contributed by atoms with Crippen LogP contribution >= 0.6 is 0 Å². The Labute approximate surface area is 186 Å². The van der Waals surface area contributed by atoms with Gasteiger partial charge in [-0.25, -0.2) is 9.97 Å². The van der Waals surface area contributed by atoms with Crippen LogP contribution < -0.4 is 0 Å². The van der Waals surface area contributed by atoms with Gasteiger partial charge in [-0.05, 0) is 42.3 Å². The second kappa shape index (κ2) is 7.47. The number of aryl methyl sites for hydroxylation is 1. The lowest BCUT2D eigenvalue weighted by atomic mass is 10.0. The second-order valence-electron chi connectivity index (χ2n) is 7.94. The van der Waals surface area contributed by atoms with Gasteiger partial charge in [0.2, 0.25) is 0 Å². The van der Waals surface area contributed by atoms with E-state index in [4.69, 9.17) is 14.4 Å². The highest BCUT2D eigenvalue weighted by Crippen LogP contribution is 2.32. The maximum absolute atomic E-state index is 6.07. The molecule has 0 N–H and O–H groups in total. The minimum Gasteiger partial charge on any atom is -0.456 e. The Kier molecular flexibility index (Phi) is 4.32. The van der Waals surface area contributed by atoms with Crippen LogP contribution in [0.15, 0.2) is 108 Å². The van der Waals surface area contributed by atoms with E-state index in [0.717, 1.165) is 50.3 Å². The molecule has 3 nitrogen and oxygen atoms in total. The molecule has 0 bridgehead atoms. The molecule has 0 radical (unpaired) electrons. The summed E-state index contributed by atoms with van der Waals surface area (Å²) < 4.78 is 6.07. The highest BCUT2D eigenvalue weighted by molar-refractivity contribution is 6.05. The zero-order chi connectivity index (χ0) is 21.5. The van der Waals surface area contributed by atoms with Gasteiger partial charge in [-0.1, -0.05) is 78.9 Å². The molecule has 0 saturated heterocycles. The van der Waals surface area contributed by atoms with E-state index in [0.29, 0.717) is 0 Å². The SMILES string of the molecule is Cc1nc(-c2ccc(-c3ccccc3)cc2)cc(-c2ccc3c(c2)oc2ccccc23)n1. The first-order valence-electron chi connectivity index (χ1n) is 10.7. The summed E-state index contributed by atoms with van der Waals surface area (Å²) in [7, 11) is 0. The van der Waals surface area contributed by atoms with Gasteiger partial charge in [0.05, 0.1) is 11.4 Å². The Balaban J connectivity index is 1.40. The van der Waals surface area contributed by atoms with Gasteiger partial charge in [0.15, 0.2) is 0 Å². The third-order valence-electron chi connectivity index (χ3n) is 5.80. The van der Waals surface area contributed by atoms with E-state index < -0.39 is 0 Å². The summed E-state index contributed by atoms with van der Waals surface area (Å²) in [5.74, 6) is 0.745. The van der Waals surface area contributed by atoms with Gasteiger partial charge in [-0.3, -0.25) is 0 Å². The first kappa shape index (κ1) is 18.5. The van der Waals surface area contributed by atoms with E-state index in [1.54, 1.807) is 0 Å². The number of rotatable bonds is 3. The predicted molar refractivity (Wildman–Crippen MR) is 130 cm³/mol. The van der Waals surface area contributed by atoms with E-state index >= 15 is 0 Å². The van der Waals surface area contributed by atoms with Gasteiger partial charge in [0, 0.05) is 21.9 Å². The van der Waals surface area contributed by atoms with Crippen molar-refractivity contribution in [2.24, 2.45) is 0 Å². The lowest BCUT2D eigenvalue weighted by Gasteiger charge is -2.08. The lowest BCUT2D eigenvalue weighted by molar-refractivity contribution is 0.669. The van der Waals surface area contributed by atoms with E-state index in [2.05, 4.69) is 72.8 Å². The molecule has 0 spiro atoms. The molecule has 2 heterocycles. The molecule has 6 aromatic rings. The zero-order valence-corrected chi connectivity index (χ0v) is 17.6. The van der Waals surface area contributed by atoms with Gasteiger partial charge in [-0.15, -0.1) is 0 Å². The first-order valence-corrected chi connectivity index (χ1v) is 10.7. The van der Waals surface area contributed by atoms with Crippen LogP contribution in [0.5, 0.6) is 0 Å². The molecule has 0 saturated carbocycles. The van der Waals surface area contributed by atoms with Crippen LogP contribution in [-0.4, -0.2) is 9.97 Å². The molecule has 0 aliphatic carbocycles. The quantitative estimate of drug-likeness (QED) is 0.299. The van der Waals surface area contributed by atoms with E-state index in [1.807, 2.05) is 37.3 Å². The number of fused-ring (bicyclic) bond motifs is 3. The van der Waals surface area contributed by atoms with Crippen LogP contribution in [0.25, 0.3) is 55.6 Å². The monoisotopic (exact) mass is 412 g/mol. The molecule has 6 rings (SSSR count). The van der Waals surface area contributed by atoms with Crippen LogP contribution in [0.1, 0.15) is 5.82 Å². The fourth-order valence-corrected chi connectivity index (χ4v) is 4.21. The van der Waals surface area contributed by atoms with Crippen molar-refractivity contribution in [2.75, 3.05) is 0 Å². The highest BCUT2D eigenvalue weighted by Gasteiger charge is 2.11. The van der Waals surface area contributed by atoms with Crippen molar-refractivity contribution >= 4 is 21.9 Å². The first-order chi connectivity index (χ1) is 15.7. The topological polar surface area (TPSA) is 38.9 Å². The molecule has 0 aliphatic rings. The van der Waals surface area contributed by atoms with Crippen molar-refractivity contribution in [1.29, 1.82) is 0 Å². The van der Waals surface area contributed by atoms with Crippen molar-refractivity contribution in [3.05, 3.63) is 109 Å². The summed E-state index contributed by atoms with van der Waals surface area (Å²) in [6.07, 6.45) is 0. The van der Waals surface area contributed by atoms with Crippen LogP contribution in [0.3, 0.4) is 0 Å². The average molecular weight is 412 g/mol. The Morgan fingerprint density at radius 2 is 1.09 bits per heavy atom. The molecule has 0 amide bonds. The molecule has 0 aliphatic heterocycles. The minimum absolute atomic E-state index is 0.745. The minimum atomic E-state index is 0.745. The molecule has 3 heteroatoms. The number of para-hydroxylation sites is 1. The summed E-state index contributed by atoms with van der Waals surface area (Å²) in [6.45, 7) is 1.94. The number of benzene rings is 4. The summed E-state index contributed by atoms with van der Waals surface area (Å²) in [5, 5.41) is 2.25. The highest BCUT2D eigenvalue weighted by atomic mass is 16.3. The summed E-state index contributed by atoms with van der Waals surface area (Å²) in [5.41, 5.74) is 8.06. The number of hydrogen-bond donors (Lipinski definition) is 0. The van der Waals surface area contributed by atoms with Crippen molar-refractivity contribution in [2.45, 2.75) is 6.92 Å². The molecular weight excluding hydrogens is 392 g/mol. The molecule has 0 unspecified atom stereocenters. The molecule has 4 aromatic carbocycles. The van der Waals surface area contributed by atoms with Gasteiger partial charge in [-0.2, -0.15) is 0 Å². The zero-order valence-electron chi connectivity index (χ0n) is 17.6. The maximum Gasteiger partial charge on any atom is 0.136 e. The predicted octanol–water partition coefficient (Wildman–Crippen LogP) is 7.69. The van der Waals surface area contributed by atoms with Gasteiger partial charge >= 0.3 is 0 Å². The summed E-state index contributed by atoms with van der Waals surface area (Å²) >= 11 is 0. The fourth-order valence-electron chi connectivity index (χ4n) is 4.21. The molecular formula is C29H20N2O. The van der Waals surface area contributed by atoms with Crippen molar-refractivity contribution < 1.29 is 4.42 Å². The van der Waals surface area contributed by atoms with Crippen molar-refractivity contribution in [1.82, 2.24) is 9.97 Å². The van der Waals surface area contributed by atoms with Crippen LogP contribution in [0.2, 0.25) is 0 Å². The Bertz CT molecular complexity index is 1560. The average Bonchev–Trinajstić information content (AvgIpc) is 3.22. The van der Waals surface area contributed by atoms with Crippen LogP contribution in [0, 0.1) is 6.92 Å². The number of furan rings is 1. The number of aromatic nitrogens is 2. The fraction of sp³-hybridized carbons (Fsp3) is 0.0345. The second-order valence-corrected chi connectivity index (χ2v) is 7.94. The summed E-state index contributed by atoms with van der Waals surface area (Å²) in [6, 6.07) is 35.4. The standard InChI is InChI=1S/C29H20N2O/c1-19-30-26(22-13-11-21(12-14-22)20-7-3-2-4-8-20)18-27(31-19)23-15-16-25-24-9-5-6-10-28(24)32-29(25)17-23/h2-18H,1H3. The molecule has 32 heavy (non-hydrogen) atoms. The van der Waals surface area contributed by atoms with Crippen molar-refractivity contribution in [3.8, 4) is 33.6 Å². The van der Waals surface area contributed by atoms with E-state index in [-0.39, 0.29) is 0 Å². The molecule has 0 atom stereocenters. The number of nitrogens with zero attached hydrogens (tertiary/aromatic N) is 2. The lowest BCUT2D eigenvalue weighted by Crippen LogP contribution is -1.94. The van der Waals surface area contributed by atoms with Crippen molar-refractivity contribution in [3.63, 3.8) is 0 Å². The van der Waals surface area contributed by atoms with Gasteiger partial charge in [0.1, 0.15) is 17.0 Å². The third kappa shape index (κ3) is 3.25. The Morgan fingerprint density at radius 1 is 0.500 bits per heavy atom. The molecule has 152 valence electrons. The largest absolute Gasteiger partial charge is 0.456 e. The maximum atomic E-state index is 6.07. The molecule has 2 aromatic heterocycles. The van der Waals surface area contributed by atoms with E-state index in [1.165, 1.54) is 11.1 Å².